The van der Waals surface area contributed by atoms with Crippen molar-refractivity contribution in [2.45, 2.75) is 13.3 Å². The number of carbonyl (C=O) groups is 2. The van der Waals surface area contributed by atoms with Gasteiger partial charge in [0.2, 0.25) is 5.91 Å². The van der Waals surface area contributed by atoms with Crippen LogP contribution in [-0.2, 0) is 14.3 Å². The van der Waals surface area contributed by atoms with Gasteiger partial charge in [-0.25, -0.2) is 9.97 Å². The van der Waals surface area contributed by atoms with E-state index in [1.165, 1.54) is 17.3 Å². The Morgan fingerprint density at radius 1 is 1.20 bits per heavy atom. The molecule has 0 bridgehead atoms. The summed E-state index contributed by atoms with van der Waals surface area (Å²) in [7, 11) is 3.23. The van der Waals surface area contributed by atoms with Crippen molar-refractivity contribution in [1.29, 1.82) is 0 Å². The molecule has 0 saturated carbocycles. The van der Waals surface area contributed by atoms with Crippen LogP contribution < -0.4 is 15.4 Å². The molecule has 0 aliphatic heterocycles. The molecule has 0 aliphatic rings. The number of likely N-dealkylation sites (N-methyl/N-ethyl adjacent to an activating group) is 1. The Morgan fingerprint density at radius 2 is 2.03 bits per heavy atom. The minimum absolute atomic E-state index is 0.162. The minimum Gasteiger partial charge on any atom is -0.495 e. The van der Waals surface area contributed by atoms with Gasteiger partial charge in [-0.1, -0.05) is 28.1 Å². The summed E-state index contributed by atoms with van der Waals surface area (Å²) in [6, 6.07) is 11.6. The number of carbonyl (C=O) groups excluding carboxylic acids is 2. The quantitative estimate of drug-likeness (QED) is 0.269. The molecule has 184 valence electrons. The van der Waals surface area contributed by atoms with Gasteiger partial charge in [-0.15, -0.1) is 0 Å². The van der Waals surface area contributed by atoms with Crippen molar-refractivity contribution in [2.75, 3.05) is 44.5 Å². The number of amides is 1. The van der Waals surface area contributed by atoms with E-state index in [0.717, 1.165) is 26.8 Å². The van der Waals surface area contributed by atoms with E-state index in [-0.39, 0.29) is 18.3 Å². The summed E-state index contributed by atoms with van der Waals surface area (Å²) in [5.41, 5.74) is 2.35. The SMILES string of the molecule is CCOC(=O)CCN(C)C(=O)C=CCNc1cc2c(Nc3cccc(Br)c3)ncnc2cc1OC. The Labute approximate surface area is 212 Å². The van der Waals surface area contributed by atoms with Crippen LogP contribution in [0.25, 0.3) is 10.9 Å². The van der Waals surface area contributed by atoms with E-state index >= 15 is 0 Å². The minimum atomic E-state index is -0.320. The third-order valence-electron chi connectivity index (χ3n) is 5.05. The molecule has 3 aromatic rings. The molecule has 0 saturated heterocycles. The number of methoxy groups -OCH3 is 1. The van der Waals surface area contributed by atoms with Gasteiger partial charge in [0.05, 0.1) is 31.3 Å². The number of hydrogen-bond acceptors (Lipinski definition) is 8. The largest absolute Gasteiger partial charge is 0.495 e. The Hall–Kier alpha value is -3.66. The average molecular weight is 542 g/mol. The van der Waals surface area contributed by atoms with E-state index in [2.05, 4.69) is 36.5 Å². The molecule has 1 heterocycles. The van der Waals surface area contributed by atoms with E-state index in [1.807, 2.05) is 36.4 Å². The molecule has 2 aromatic carbocycles. The monoisotopic (exact) mass is 541 g/mol. The van der Waals surface area contributed by atoms with Crippen LogP contribution in [0.3, 0.4) is 0 Å². The van der Waals surface area contributed by atoms with Crippen LogP contribution in [0.5, 0.6) is 5.75 Å². The Morgan fingerprint density at radius 3 is 2.77 bits per heavy atom. The lowest BCUT2D eigenvalue weighted by Gasteiger charge is -2.15. The zero-order chi connectivity index (χ0) is 25.2. The smallest absolute Gasteiger partial charge is 0.307 e. The fraction of sp³-hybridized carbons (Fsp3) is 0.280. The maximum absolute atomic E-state index is 12.3. The molecule has 10 heteroatoms. The number of halogens is 1. The number of nitrogens with zero attached hydrogens (tertiary/aromatic N) is 3. The lowest BCUT2D eigenvalue weighted by Crippen LogP contribution is -2.28. The first-order chi connectivity index (χ1) is 16.9. The third kappa shape index (κ3) is 7.41. The zero-order valence-corrected chi connectivity index (χ0v) is 21.5. The maximum Gasteiger partial charge on any atom is 0.307 e. The molecule has 0 fully saturated rings. The van der Waals surface area contributed by atoms with Gasteiger partial charge in [0.1, 0.15) is 17.9 Å². The second kappa shape index (κ2) is 12.7. The highest BCUT2D eigenvalue weighted by Gasteiger charge is 2.11. The van der Waals surface area contributed by atoms with Crippen LogP contribution in [-0.4, -0.2) is 60.6 Å². The van der Waals surface area contributed by atoms with Crippen LogP contribution in [0.1, 0.15) is 13.3 Å². The predicted molar refractivity (Wildman–Crippen MR) is 140 cm³/mol. The molecule has 0 spiro atoms. The van der Waals surface area contributed by atoms with Gasteiger partial charge in [0.15, 0.2) is 0 Å². The number of ether oxygens (including phenoxy) is 2. The topological polar surface area (TPSA) is 106 Å². The van der Waals surface area contributed by atoms with Crippen LogP contribution in [0, 0.1) is 0 Å². The van der Waals surface area contributed by atoms with E-state index in [4.69, 9.17) is 9.47 Å². The van der Waals surface area contributed by atoms with Gasteiger partial charge in [-0.2, -0.15) is 0 Å². The summed E-state index contributed by atoms with van der Waals surface area (Å²) in [6.45, 7) is 2.76. The molecular weight excluding hydrogens is 514 g/mol. The second-order valence-electron chi connectivity index (χ2n) is 7.53. The summed E-state index contributed by atoms with van der Waals surface area (Å²) in [4.78, 5) is 34.0. The first kappa shape index (κ1) is 26.0. The summed E-state index contributed by atoms with van der Waals surface area (Å²) < 4.78 is 11.4. The van der Waals surface area contributed by atoms with Gasteiger partial charge in [-0.3, -0.25) is 9.59 Å². The number of anilines is 3. The molecule has 2 N–H and O–H groups in total. The van der Waals surface area contributed by atoms with E-state index in [1.54, 1.807) is 27.2 Å². The van der Waals surface area contributed by atoms with Crippen molar-refractivity contribution in [3.8, 4) is 5.75 Å². The summed E-state index contributed by atoms with van der Waals surface area (Å²) >= 11 is 3.48. The lowest BCUT2D eigenvalue weighted by molar-refractivity contribution is -0.143. The van der Waals surface area contributed by atoms with Crippen molar-refractivity contribution in [2.24, 2.45) is 0 Å². The fourth-order valence-corrected chi connectivity index (χ4v) is 3.65. The number of esters is 1. The van der Waals surface area contributed by atoms with Crippen LogP contribution >= 0.6 is 15.9 Å². The van der Waals surface area contributed by atoms with Crippen LogP contribution in [0.2, 0.25) is 0 Å². The van der Waals surface area contributed by atoms with Crippen molar-refractivity contribution in [3.63, 3.8) is 0 Å². The molecule has 35 heavy (non-hydrogen) atoms. The van der Waals surface area contributed by atoms with Gasteiger partial charge in [0.25, 0.3) is 0 Å². The van der Waals surface area contributed by atoms with Crippen molar-refractivity contribution in [1.82, 2.24) is 14.9 Å². The number of fused-ring (bicyclic) bond motifs is 1. The third-order valence-corrected chi connectivity index (χ3v) is 5.54. The Kier molecular flexibility index (Phi) is 9.42. The number of rotatable bonds is 11. The standard InChI is InChI=1S/C25H28BrN5O4/c1-4-35-24(33)10-12-31(2)23(32)9-6-11-27-21-14-19-20(15-22(21)34-3)28-16-29-25(19)30-18-8-5-7-17(26)13-18/h5-9,13-16,27H,4,10-12H2,1-3H3,(H,28,29,30). The zero-order valence-electron chi connectivity index (χ0n) is 19.9. The predicted octanol–water partition coefficient (Wildman–Crippen LogP) is 4.52. The average Bonchev–Trinajstić information content (AvgIpc) is 2.85. The van der Waals surface area contributed by atoms with Gasteiger partial charge in [-0.05, 0) is 31.2 Å². The maximum atomic E-state index is 12.3. The van der Waals surface area contributed by atoms with Crippen molar-refractivity contribution in [3.05, 3.63) is 59.4 Å². The molecule has 0 radical (unpaired) electrons. The summed E-state index contributed by atoms with van der Waals surface area (Å²) in [5.74, 6) is 0.762. The normalized spacial score (nSPS) is 10.9. The number of nitrogens with one attached hydrogen (secondary N) is 2. The second-order valence-corrected chi connectivity index (χ2v) is 8.44. The van der Waals surface area contributed by atoms with E-state index in [9.17, 15) is 9.59 Å². The van der Waals surface area contributed by atoms with Crippen LogP contribution in [0.15, 0.2) is 59.4 Å². The molecule has 0 unspecified atom stereocenters. The highest BCUT2D eigenvalue weighted by molar-refractivity contribution is 9.10. The molecule has 0 atom stereocenters. The first-order valence-electron chi connectivity index (χ1n) is 11.1. The van der Waals surface area contributed by atoms with Gasteiger partial charge >= 0.3 is 5.97 Å². The molecule has 1 aromatic heterocycles. The highest BCUT2D eigenvalue weighted by Crippen LogP contribution is 2.33. The highest BCUT2D eigenvalue weighted by atomic mass is 79.9. The fourth-order valence-electron chi connectivity index (χ4n) is 3.25. The lowest BCUT2D eigenvalue weighted by atomic mass is 10.2. The summed E-state index contributed by atoms with van der Waals surface area (Å²) in [6.07, 6.45) is 4.85. The molecule has 9 nitrogen and oxygen atoms in total. The number of benzene rings is 2. The Balaban J connectivity index is 1.69. The van der Waals surface area contributed by atoms with Crippen LogP contribution in [0.4, 0.5) is 17.2 Å². The number of hydrogen-bond donors (Lipinski definition) is 2. The molecule has 3 rings (SSSR count). The van der Waals surface area contributed by atoms with Gasteiger partial charge in [0, 0.05) is 47.8 Å². The molecule has 1 amide bonds. The number of aromatic nitrogens is 2. The van der Waals surface area contributed by atoms with Crippen molar-refractivity contribution < 1.29 is 19.1 Å². The first-order valence-corrected chi connectivity index (χ1v) is 11.9. The Bertz CT molecular complexity index is 1220. The molecule has 0 aliphatic carbocycles. The molecular formula is C25H28BrN5O4. The van der Waals surface area contributed by atoms with Crippen molar-refractivity contribution >= 4 is 55.9 Å². The van der Waals surface area contributed by atoms with E-state index < -0.39 is 0 Å². The summed E-state index contributed by atoms with van der Waals surface area (Å²) in [5, 5.41) is 7.41. The van der Waals surface area contributed by atoms with Gasteiger partial charge < -0.3 is 25.0 Å². The van der Waals surface area contributed by atoms with E-state index in [0.29, 0.717) is 31.3 Å².